The van der Waals surface area contributed by atoms with Gasteiger partial charge in [-0.2, -0.15) is 0 Å². The van der Waals surface area contributed by atoms with Gasteiger partial charge in [-0.05, 0) is 49.4 Å². The van der Waals surface area contributed by atoms with Gasteiger partial charge >= 0.3 is 0 Å². The van der Waals surface area contributed by atoms with E-state index in [1.54, 1.807) is 12.1 Å². The number of aliphatic hydroxyl groups excluding tert-OH is 1. The number of rotatable bonds is 5. The van der Waals surface area contributed by atoms with Gasteiger partial charge in [0.15, 0.2) is 0 Å². The van der Waals surface area contributed by atoms with Crippen molar-refractivity contribution in [3.63, 3.8) is 0 Å². The summed E-state index contributed by atoms with van der Waals surface area (Å²) in [6.07, 6.45) is 2.97. The molecule has 0 aromatic heterocycles. The van der Waals surface area contributed by atoms with E-state index in [9.17, 15) is 13.5 Å². The van der Waals surface area contributed by atoms with Gasteiger partial charge in [-0.15, -0.1) is 0 Å². The summed E-state index contributed by atoms with van der Waals surface area (Å²) < 4.78 is 26.5. The topological polar surface area (TPSA) is 86.6 Å². The molecule has 1 unspecified atom stereocenters. The number of fused-ring (bicyclic) bond motifs is 1. The van der Waals surface area contributed by atoms with Crippen LogP contribution < -0.4 is 4.72 Å². The first-order chi connectivity index (χ1) is 8.84. The number of benzene rings is 1. The zero-order chi connectivity index (χ0) is 14.1. The zero-order valence-corrected chi connectivity index (χ0v) is 11.7. The summed E-state index contributed by atoms with van der Waals surface area (Å²) in [5.74, 6) is 0. The molecule has 0 aliphatic heterocycles. The normalized spacial score (nSPS) is 18.1. The summed E-state index contributed by atoms with van der Waals surface area (Å²) in [7, 11) is -3.65. The van der Waals surface area contributed by atoms with E-state index in [0.717, 1.165) is 24.8 Å². The van der Waals surface area contributed by atoms with Crippen LogP contribution >= 0.6 is 0 Å². The zero-order valence-electron chi connectivity index (χ0n) is 10.9. The highest BCUT2D eigenvalue weighted by atomic mass is 32.2. The van der Waals surface area contributed by atoms with Gasteiger partial charge in [0.2, 0.25) is 10.0 Å². The van der Waals surface area contributed by atoms with E-state index in [1.165, 1.54) is 12.5 Å². The third-order valence-electron chi connectivity index (χ3n) is 3.36. The molecular formula is C13H19NO4S. The largest absolute Gasteiger partial charge is 0.393 e. The first-order valence-corrected chi connectivity index (χ1v) is 7.77. The van der Waals surface area contributed by atoms with Crippen LogP contribution in [0.4, 0.5) is 0 Å². The molecule has 0 saturated heterocycles. The Labute approximate surface area is 113 Å². The van der Waals surface area contributed by atoms with E-state index >= 15 is 0 Å². The molecule has 6 heteroatoms. The maximum atomic E-state index is 12.1. The minimum Gasteiger partial charge on any atom is -0.393 e. The van der Waals surface area contributed by atoms with E-state index in [4.69, 9.17) is 5.11 Å². The fraction of sp³-hybridized carbons (Fsp3) is 0.538. The first-order valence-electron chi connectivity index (χ1n) is 6.29. The van der Waals surface area contributed by atoms with Crippen molar-refractivity contribution >= 4 is 10.0 Å². The number of sulfonamides is 1. The van der Waals surface area contributed by atoms with Crippen LogP contribution in [0.15, 0.2) is 23.1 Å². The monoisotopic (exact) mass is 285 g/mol. The molecule has 2 rings (SSSR count). The SMILES string of the molecule is CC(O)(CO)CNS(=O)(=O)c1ccc2c(c1)CCC2. The van der Waals surface area contributed by atoms with Crippen LogP contribution in [-0.4, -0.2) is 37.4 Å². The molecule has 5 nitrogen and oxygen atoms in total. The van der Waals surface area contributed by atoms with Crippen LogP contribution in [0.5, 0.6) is 0 Å². The Bertz CT molecular complexity index is 566. The van der Waals surface area contributed by atoms with Crippen molar-refractivity contribution in [1.29, 1.82) is 0 Å². The maximum absolute atomic E-state index is 12.1. The molecule has 19 heavy (non-hydrogen) atoms. The second-order valence-corrected chi connectivity index (χ2v) is 7.03. The molecule has 1 atom stereocenters. The summed E-state index contributed by atoms with van der Waals surface area (Å²) >= 11 is 0. The molecule has 0 radical (unpaired) electrons. The quantitative estimate of drug-likeness (QED) is 0.721. The summed E-state index contributed by atoms with van der Waals surface area (Å²) in [6, 6.07) is 5.12. The van der Waals surface area contributed by atoms with Crippen LogP contribution in [0.25, 0.3) is 0 Å². The van der Waals surface area contributed by atoms with Crippen molar-refractivity contribution in [2.75, 3.05) is 13.2 Å². The Morgan fingerprint density at radius 3 is 2.68 bits per heavy atom. The van der Waals surface area contributed by atoms with Gasteiger partial charge in [0.05, 0.1) is 17.1 Å². The second kappa shape index (κ2) is 5.20. The van der Waals surface area contributed by atoms with Crippen molar-refractivity contribution in [3.05, 3.63) is 29.3 Å². The van der Waals surface area contributed by atoms with Gasteiger partial charge in [0.25, 0.3) is 0 Å². The van der Waals surface area contributed by atoms with Crippen molar-refractivity contribution in [2.24, 2.45) is 0 Å². The van der Waals surface area contributed by atoms with Crippen LogP contribution in [0.3, 0.4) is 0 Å². The predicted octanol–water partition coefficient (Wildman–Crippen LogP) is 0.197. The van der Waals surface area contributed by atoms with Gasteiger partial charge in [-0.1, -0.05) is 6.07 Å². The molecule has 0 spiro atoms. The molecule has 1 aromatic carbocycles. The number of aryl methyl sites for hydroxylation is 2. The molecule has 3 N–H and O–H groups in total. The number of nitrogens with one attached hydrogen (secondary N) is 1. The summed E-state index contributed by atoms with van der Waals surface area (Å²) in [5, 5.41) is 18.5. The van der Waals surface area contributed by atoms with E-state index in [1.807, 2.05) is 6.07 Å². The molecular weight excluding hydrogens is 266 g/mol. The first kappa shape index (κ1) is 14.5. The lowest BCUT2D eigenvalue weighted by Gasteiger charge is -2.20. The number of hydrogen-bond donors (Lipinski definition) is 3. The molecule has 106 valence electrons. The highest BCUT2D eigenvalue weighted by Gasteiger charge is 2.24. The second-order valence-electron chi connectivity index (χ2n) is 5.26. The Hall–Kier alpha value is -0.950. The van der Waals surface area contributed by atoms with Crippen molar-refractivity contribution in [1.82, 2.24) is 4.72 Å². The number of aliphatic hydroxyl groups is 2. The molecule has 1 aliphatic rings. The van der Waals surface area contributed by atoms with Crippen LogP contribution in [0, 0.1) is 0 Å². The average molecular weight is 285 g/mol. The smallest absolute Gasteiger partial charge is 0.240 e. The summed E-state index contributed by atoms with van der Waals surface area (Å²) in [4.78, 5) is 0.210. The van der Waals surface area contributed by atoms with Crippen molar-refractivity contribution in [3.8, 4) is 0 Å². The summed E-state index contributed by atoms with van der Waals surface area (Å²) in [6.45, 7) is 0.654. The highest BCUT2D eigenvalue weighted by Crippen LogP contribution is 2.24. The third-order valence-corrected chi connectivity index (χ3v) is 4.76. The van der Waals surface area contributed by atoms with Gasteiger partial charge in [0, 0.05) is 6.54 Å². The van der Waals surface area contributed by atoms with Crippen LogP contribution in [0.1, 0.15) is 24.5 Å². The highest BCUT2D eigenvalue weighted by molar-refractivity contribution is 7.89. The average Bonchev–Trinajstić information content (AvgIpc) is 2.84. The lowest BCUT2D eigenvalue weighted by molar-refractivity contribution is 0.00681. The lowest BCUT2D eigenvalue weighted by Crippen LogP contribution is -2.43. The Balaban J connectivity index is 2.16. The maximum Gasteiger partial charge on any atom is 0.240 e. The molecule has 0 bridgehead atoms. The van der Waals surface area contributed by atoms with E-state index in [0.29, 0.717) is 0 Å². The minimum absolute atomic E-state index is 0.210. The van der Waals surface area contributed by atoms with Crippen LogP contribution in [0.2, 0.25) is 0 Å². The fourth-order valence-corrected chi connectivity index (χ4v) is 3.32. The van der Waals surface area contributed by atoms with Gasteiger partial charge in [-0.3, -0.25) is 0 Å². The lowest BCUT2D eigenvalue weighted by atomic mass is 10.1. The number of hydrogen-bond acceptors (Lipinski definition) is 4. The van der Waals surface area contributed by atoms with E-state index in [-0.39, 0.29) is 11.4 Å². The summed E-state index contributed by atoms with van der Waals surface area (Å²) in [5.41, 5.74) is 0.835. The van der Waals surface area contributed by atoms with Crippen molar-refractivity contribution in [2.45, 2.75) is 36.7 Å². The minimum atomic E-state index is -3.65. The van der Waals surface area contributed by atoms with E-state index in [2.05, 4.69) is 4.72 Å². The van der Waals surface area contributed by atoms with E-state index < -0.39 is 22.2 Å². The van der Waals surface area contributed by atoms with Gasteiger partial charge in [0.1, 0.15) is 0 Å². The Kier molecular flexibility index (Phi) is 3.96. The standard InChI is InChI=1S/C13H19NO4S/c1-13(16,9-15)8-14-19(17,18)12-6-5-10-3-2-4-11(10)7-12/h5-7,14-16H,2-4,8-9H2,1H3. The van der Waals surface area contributed by atoms with Crippen LogP contribution in [-0.2, 0) is 22.9 Å². The van der Waals surface area contributed by atoms with Crippen molar-refractivity contribution < 1.29 is 18.6 Å². The molecule has 0 fully saturated rings. The Morgan fingerprint density at radius 1 is 1.32 bits per heavy atom. The molecule has 0 heterocycles. The fourth-order valence-electron chi connectivity index (χ4n) is 2.11. The van der Waals surface area contributed by atoms with Gasteiger partial charge in [-0.25, -0.2) is 13.1 Å². The molecule has 0 saturated carbocycles. The predicted molar refractivity (Wildman–Crippen MR) is 71.4 cm³/mol. The molecule has 1 aromatic rings. The van der Waals surface area contributed by atoms with Gasteiger partial charge < -0.3 is 10.2 Å². The molecule has 0 amide bonds. The third kappa shape index (κ3) is 3.33. The Morgan fingerprint density at radius 2 is 2.00 bits per heavy atom. The molecule has 1 aliphatic carbocycles.